The second kappa shape index (κ2) is 15.0. The first-order valence-corrected chi connectivity index (χ1v) is 10.6. The topological polar surface area (TPSA) is 82.0 Å². The van der Waals surface area contributed by atoms with Gasteiger partial charge in [0.1, 0.15) is 5.60 Å². The SMILES string of the molecule is C.C.CC1CCCN(C(=O)OC(C)(C)C)CCC1O.CC1CCCNCCC1O. The van der Waals surface area contributed by atoms with Crippen molar-refractivity contribution in [2.75, 3.05) is 26.2 Å². The van der Waals surface area contributed by atoms with E-state index in [-0.39, 0.29) is 33.2 Å². The highest BCUT2D eigenvalue weighted by molar-refractivity contribution is 5.68. The van der Waals surface area contributed by atoms with Gasteiger partial charge in [-0.25, -0.2) is 4.79 Å². The molecule has 176 valence electrons. The molecule has 0 radical (unpaired) electrons. The molecule has 0 bridgehead atoms. The fourth-order valence-electron chi connectivity index (χ4n) is 3.39. The zero-order chi connectivity index (χ0) is 20.4. The predicted octanol–water partition coefficient (Wildman–Crippen LogP) is 4.43. The first-order valence-electron chi connectivity index (χ1n) is 10.6. The Hall–Kier alpha value is -0.850. The van der Waals surface area contributed by atoms with E-state index in [4.69, 9.17) is 4.74 Å². The van der Waals surface area contributed by atoms with Crippen LogP contribution in [0.3, 0.4) is 0 Å². The lowest BCUT2D eigenvalue weighted by molar-refractivity contribution is 0.0145. The van der Waals surface area contributed by atoms with Crippen LogP contribution in [0.5, 0.6) is 0 Å². The molecular formula is C23H50N2O4. The number of carbonyl (C=O) groups is 1. The summed E-state index contributed by atoms with van der Waals surface area (Å²) in [7, 11) is 0. The standard InChI is InChI=1S/C13H25NO3.C8H17NO.2CH4/c1-10-6-5-8-14(9-7-11(10)15)12(16)17-13(2,3)4;1-7-3-2-5-9-6-4-8(7)10;;/h10-11,15H,5-9H2,1-4H3;7-10H,2-6H2,1H3;2*1H4. The maximum Gasteiger partial charge on any atom is 0.410 e. The fraction of sp³-hybridized carbons (Fsp3) is 0.957. The average Bonchev–Trinajstić information content (AvgIpc) is 2.56. The fourth-order valence-corrected chi connectivity index (χ4v) is 3.39. The van der Waals surface area contributed by atoms with Gasteiger partial charge in [0, 0.05) is 13.1 Å². The molecule has 4 atom stereocenters. The number of likely N-dealkylation sites (tertiary alicyclic amines) is 1. The van der Waals surface area contributed by atoms with Crippen LogP contribution in [0.25, 0.3) is 0 Å². The molecule has 2 rings (SSSR count). The summed E-state index contributed by atoms with van der Waals surface area (Å²) in [6.07, 6.45) is 5.17. The Morgan fingerprint density at radius 2 is 1.45 bits per heavy atom. The van der Waals surface area contributed by atoms with Crippen molar-refractivity contribution >= 4 is 6.09 Å². The van der Waals surface area contributed by atoms with Gasteiger partial charge in [0.15, 0.2) is 0 Å². The highest BCUT2D eigenvalue weighted by Gasteiger charge is 2.25. The number of ether oxygens (including phenoxy) is 1. The number of hydrogen-bond acceptors (Lipinski definition) is 5. The van der Waals surface area contributed by atoms with E-state index >= 15 is 0 Å². The van der Waals surface area contributed by atoms with Gasteiger partial charge in [0.25, 0.3) is 0 Å². The minimum atomic E-state index is -0.453. The van der Waals surface area contributed by atoms with Crippen LogP contribution in [0.2, 0.25) is 0 Å². The van der Waals surface area contributed by atoms with Crippen LogP contribution in [-0.4, -0.2) is 65.2 Å². The molecule has 6 nitrogen and oxygen atoms in total. The van der Waals surface area contributed by atoms with Crippen LogP contribution in [0.4, 0.5) is 4.79 Å². The van der Waals surface area contributed by atoms with Gasteiger partial charge in [-0.2, -0.15) is 0 Å². The van der Waals surface area contributed by atoms with E-state index in [0.29, 0.717) is 24.8 Å². The molecule has 2 aliphatic heterocycles. The number of aliphatic hydroxyl groups excluding tert-OH is 2. The van der Waals surface area contributed by atoms with Crippen molar-refractivity contribution in [3.8, 4) is 0 Å². The van der Waals surface area contributed by atoms with E-state index in [9.17, 15) is 15.0 Å². The molecule has 0 aromatic rings. The molecule has 6 heteroatoms. The monoisotopic (exact) mass is 418 g/mol. The average molecular weight is 419 g/mol. The maximum atomic E-state index is 11.9. The lowest BCUT2D eigenvalue weighted by Gasteiger charge is -2.31. The Bertz CT molecular complexity index is 414. The third-order valence-electron chi connectivity index (χ3n) is 5.38. The predicted molar refractivity (Wildman–Crippen MR) is 122 cm³/mol. The van der Waals surface area contributed by atoms with Crippen LogP contribution in [-0.2, 0) is 4.74 Å². The van der Waals surface area contributed by atoms with Gasteiger partial charge in [0.05, 0.1) is 12.2 Å². The summed E-state index contributed by atoms with van der Waals surface area (Å²) in [5.74, 6) is 0.831. The number of carbonyl (C=O) groups excluding carboxylic acids is 1. The molecule has 2 saturated heterocycles. The summed E-state index contributed by atoms with van der Waals surface area (Å²) >= 11 is 0. The second-order valence-electron chi connectivity index (χ2n) is 9.17. The minimum absolute atomic E-state index is 0. The van der Waals surface area contributed by atoms with Crippen molar-refractivity contribution in [2.45, 2.75) is 106 Å². The Labute approximate surface area is 180 Å². The van der Waals surface area contributed by atoms with Crippen molar-refractivity contribution in [1.82, 2.24) is 10.2 Å². The molecular weight excluding hydrogens is 368 g/mol. The van der Waals surface area contributed by atoms with Crippen LogP contribution in [0.1, 0.15) is 88.0 Å². The number of hydrogen-bond donors (Lipinski definition) is 3. The summed E-state index contributed by atoms with van der Waals surface area (Å²) in [5, 5.41) is 22.6. The Balaban J connectivity index is 0. The molecule has 29 heavy (non-hydrogen) atoms. The lowest BCUT2D eigenvalue weighted by Crippen LogP contribution is -2.41. The van der Waals surface area contributed by atoms with Gasteiger partial charge >= 0.3 is 6.09 Å². The van der Waals surface area contributed by atoms with Crippen molar-refractivity contribution in [2.24, 2.45) is 11.8 Å². The van der Waals surface area contributed by atoms with E-state index in [0.717, 1.165) is 45.3 Å². The second-order valence-corrected chi connectivity index (χ2v) is 9.17. The lowest BCUT2D eigenvalue weighted by atomic mass is 9.95. The number of amides is 1. The summed E-state index contributed by atoms with van der Waals surface area (Å²) in [6.45, 7) is 13.2. The zero-order valence-electron chi connectivity index (χ0n) is 18.0. The summed E-state index contributed by atoms with van der Waals surface area (Å²) < 4.78 is 5.34. The van der Waals surface area contributed by atoms with Crippen LogP contribution < -0.4 is 5.32 Å². The first kappa shape index (κ1) is 30.3. The normalized spacial score (nSPS) is 28.6. The van der Waals surface area contributed by atoms with E-state index < -0.39 is 5.60 Å². The molecule has 0 aromatic carbocycles. The van der Waals surface area contributed by atoms with E-state index in [2.05, 4.69) is 19.2 Å². The smallest absolute Gasteiger partial charge is 0.410 e. The van der Waals surface area contributed by atoms with Crippen molar-refractivity contribution in [3.05, 3.63) is 0 Å². The van der Waals surface area contributed by atoms with Gasteiger partial charge in [-0.15, -0.1) is 0 Å². The molecule has 0 spiro atoms. The summed E-state index contributed by atoms with van der Waals surface area (Å²) in [4.78, 5) is 13.6. The Morgan fingerprint density at radius 1 is 0.897 bits per heavy atom. The van der Waals surface area contributed by atoms with Gasteiger partial charge in [0.2, 0.25) is 0 Å². The quantitative estimate of drug-likeness (QED) is 0.542. The van der Waals surface area contributed by atoms with Crippen molar-refractivity contribution in [1.29, 1.82) is 0 Å². The third kappa shape index (κ3) is 13.1. The van der Waals surface area contributed by atoms with Gasteiger partial charge in [-0.1, -0.05) is 28.7 Å². The number of nitrogens with one attached hydrogen (secondary N) is 1. The Kier molecular flexibility index (Phi) is 15.7. The zero-order valence-corrected chi connectivity index (χ0v) is 18.0. The maximum absolute atomic E-state index is 11.9. The number of aliphatic hydroxyl groups is 2. The molecule has 1 amide bonds. The van der Waals surface area contributed by atoms with E-state index in [1.54, 1.807) is 4.90 Å². The van der Waals surface area contributed by atoms with Crippen molar-refractivity contribution < 1.29 is 19.7 Å². The largest absolute Gasteiger partial charge is 0.444 e. The van der Waals surface area contributed by atoms with Crippen LogP contribution >= 0.6 is 0 Å². The van der Waals surface area contributed by atoms with Crippen molar-refractivity contribution in [3.63, 3.8) is 0 Å². The van der Waals surface area contributed by atoms with Crippen LogP contribution in [0.15, 0.2) is 0 Å². The van der Waals surface area contributed by atoms with E-state index in [1.165, 1.54) is 6.42 Å². The number of rotatable bonds is 0. The molecule has 0 saturated carbocycles. The molecule has 0 aromatic heterocycles. The number of nitrogens with zero attached hydrogens (tertiary/aromatic N) is 1. The summed E-state index contributed by atoms with van der Waals surface area (Å²) in [6, 6.07) is 0. The molecule has 2 aliphatic rings. The molecule has 2 fully saturated rings. The highest BCUT2D eigenvalue weighted by Crippen LogP contribution is 2.19. The van der Waals surface area contributed by atoms with Crippen LogP contribution in [0, 0.1) is 11.8 Å². The van der Waals surface area contributed by atoms with Gasteiger partial charge in [-0.05, 0) is 84.2 Å². The van der Waals surface area contributed by atoms with Gasteiger partial charge in [-0.3, -0.25) is 0 Å². The highest BCUT2D eigenvalue weighted by atomic mass is 16.6. The first-order chi connectivity index (χ1) is 12.6. The van der Waals surface area contributed by atoms with E-state index in [1.807, 2.05) is 20.8 Å². The minimum Gasteiger partial charge on any atom is -0.444 e. The summed E-state index contributed by atoms with van der Waals surface area (Å²) in [5.41, 5.74) is -0.453. The molecule has 4 unspecified atom stereocenters. The van der Waals surface area contributed by atoms with Gasteiger partial charge < -0.3 is 25.2 Å². The third-order valence-corrected chi connectivity index (χ3v) is 5.38. The molecule has 0 aliphatic carbocycles. The molecule has 3 N–H and O–H groups in total. The molecule has 2 heterocycles. The Morgan fingerprint density at radius 3 is 2.03 bits per heavy atom.